The van der Waals surface area contributed by atoms with Crippen molar-refractivity contribution in [2.24, 2.45) is 5.41 Å². The van der Waals surface area contributed by atoms with E-state index >= 15 is 0 Å². The predicted molar refractivity (Wildman–Crippen MR) is 241 cm³/mol. The average molecular weight is 783 g/mol. The molecule has 0 unspecified atom stereocenters. The molecule has 5 heteroatoms. The smallest absolute Gasteiger partial charge is 0.0637 e. The van der Waals surface area contributed by atoms with Gasteiger partial charge in [0.25, 0.3) is 0 Å². The summed E-state index contributed by atoms with van der Waals surface area (Å²) in [7, 11) is 0. The Kier molecular flexibility index (Phi) is 48.0. The maximum absolute atomic E-state index is 9.37. The Morgan fingerprint density at radius 1 is 0.255 bits per heavy atom. The van der Waals surface area contributed by atoms with Crippen molar-refractivity contribution in [2.75, 3.05) is 59.5 Å². The van der Waals surface area contributed by atoms with Gasteiger partial charge < -0.3 is 24.1 Å². The van der Waals surface area contributed by atoms with Gasteiger partial charge in [0.2, 0.25) is 0 Å². The van der Waals surface area contributed by atoms with Crippen LogP contribution >= 0.6 is 0 Å². The van der Waals surface area contributed by atoms with Gasteiger partial charge in [-0.2, -0.15) is 0 Å². The van der Waals surface area contributed by atoms with Gasteiger partial charge in [-0.1, -0.05) is 233 Å². The first-order valence-corrected chi connectivity index (χ1v) is 25.2. The van der Waals surface area contributed by atoms with E-state index < -0.39 is 0 Å². The monoisotopic (exact) mass is 783 g/mol. The number of hydrogen-bond donors (Lipinski definition) is 1. The zero-order chi connectivity index (χ0) is 39.9. The second-order valence-corrected chi connectivity index (χ2v) is 17.5. The molecule has 1 N–H and O–H groups in total. The average Bonchev–Trinajstić information content (AvgIpc) is 3.19. The molecule has 0 bridgehead atoms. The van der Waals surface area contributed by atoms with E-state index in [-0.39, 0.29) is 12.0 Å². The minimum Gasteiger partial charge on any atom is -0.396 e. The molecule has 55 heavy (non-hydrogen) atoms. The van der Waals surface area contributed by atoms with E-state index in [2.05, 4.69) is 20.8 Å². The topological polar surface area (TPSA) is 57.2 Å². The molecule has 0 amide bonds. The van der Waals surface area contributed by atoms with Crippen molar-refractivity contribution >= 4 is 0 Å². The maximum Gasteiger partial charge on any atom is 0.0637 e. The lowest BCUT2D eigenvalue weighted by Gasteiger charge is -2.33. The molecule has 0 rings (SSSR count). The van der Waals surface area contributed by atoms with Crippen molar-refractivity contribution < 1.29 is 24.1 Å². The Labute approximate surface area is 346 Å². The Hall–Kier alpha value is -0.200. The Bertz CT molecular complexity index is 594. The van der Waals surface area contributed by atoms with Crippen molar-refractivity contribution in [2.45, 2.75) is 258 Å². The van der Waals surface area contributed by atoms with Crippen molar-refractivity contribution in [3.63, 3.8) is 0 Å². The number of unbranched alkanes of at least 4 members (excludes halogenated alkanes) is 33. The van der Waals surface area contributed by atoms with Crippen LogP contribution in [0.5, 0.6) is 0 Å². The SMILES string of the molecule is CCCCCCCCCCCCCCOCC(COCCCO)(COCCCCCCCCCCCCCC)COCCCCCCCCCCCCCC. The van der Waals surface area contributed by atoms with Crippen LogP contribution in [0.1, 0.15) is 258 Å². The fourth-order valence-corrected chi connectivity index (χ4v) is 7.71. The first-order chi connectivity index (χ1) is 27.2. The lowest BCUT2D eigenvalue weighted by molar-refractivity contribution is -0.108. The van der Waals surface area contributed by atoms with Crippen LogP contribution in [0, 0.1) is 5.41 Å². The van der Waals surface area contributed by atoms with Gasteiger partial charge in [-0.05, 0) is 25.7 Å². The Morgan fingerprint density at radius 3 is 0.636 bits per heavy atom. The summed E-state index contributed by atoms with van der Waals surface area (Å²) in [6.07, 6.45) is 49.4. The highest BCUT2D eigenvalue weighted by atomic mass is 16.5. The van der Waals surface area contributed by atoms with E-state index in [1.165, 1.54) is 212 Å². The van der Waals surface area contributed by atoms with Crippen LogP contribution in [-0.2, 0) is 18.9 Å². The molecule has 0 aliphatic carbocycles. The van der Waals surface area contributed by atoms with Crippen LogP contribution in [0.2, 0.25) is 0 Å². The summed E-state index contributed by atoms with van der Waals surface area (Å²) in [5.41, 5.74) is -0.305. The van der Waals surface area contributed by atoms with Crippen molar-refractivity contribution in [3.8, 4) is 0 Å². The number of aliphatic hydroxyl groups is 1. The summed E-state index contributed by atoms with van der Waals surface area (Å²) < 4.78 is 25.3. The minimum atomic E-state index is -0.305. The van der Waals surface area contributed by atoms with Crippen LogP contribution in [0.15, 0.2) is 0 Å². The second-order valence-electron chi connectivity index (χ2n) is 17.5. The van der Waals surface area contributed by atoms with Gasteiger partial charge in [0.15, 0.2) is 0 Å². The highest BCUT2D eigenvalue weighted by Gasteiger charge is 2.32. The zero-order valence-electron chi connectivity index (χ0n) is 38.1. The van der Waals surface area contributed by atoms with Gasteiger partial charge in [0.1, 0.15) is 0 Å². The summed E-state index contributed by atoms with van der Waals surface area (Å²) in [6.45, 7) is 12.4. The van der Waals surface area contributed by atoms with Crippen molar-refractivity contribution in [1.29, 1.82) is 0 Å². The number of ether oxygens (including phenoxy) is 4. The largest absolute Gasteiger partial charge is 0.396 e. The van der Waals surface area contributed by atoms with Gasteiger partial charge in [-0.15, -0.1) is 0 Å². The standard InChI is InChI=1S/C50H102O5/c1-4-7-10-13-16-19-22-25-28-31-34-37-42-52-46-50(49-55-45-40-41-51,47-53-43-38-35-32-29-26-23-20-17-14-11-8-5-2)48-54-44-39-36-33-30-27-24-21-18-15-12-9-6-3/h51H,4-49H2,1-3H3. The van der Waals surface area contributed by atoms with Gasteiger partial charge >= 0.3 is 0 Å². The van der Waals surface area contributed by atoms with Crippen molar-refractivity contribution in [3.05, 3.63) is 0 Å². The molecule has 332 valence electrons. The van der Waals surface area contributed by atoms with Gasteiger partial charge in [-0.3, -0.25) is 0 Å². The number of rotatable bonds is 50. The normalized spacial score (nSPS) is 12.0. The van der Waals surface area contributed by atoms with E-state index in [1.807, 2.05) is 0 Å². The molecule has 0 spiro atoms. The van der Waals surface area contributed by atoms with Gasteiger partial charge in [0.05, 0.1) is 31.8 Å². The highest BCUT2D eigenvalue weighted by molar-refractivity contribution is 4.79. The molecule has 0 saturated carbocycles. The molecule has 0 heterocycles. The Morgan fingerprint density at radius 2 is 0.436 bits per heavy atom. The molecule has 0 saturated heterocycles. The molecular weight excluding hydrogens is 681 g/mol. The minimum absolute atomic E-state index is 0.160. The second kappa shape index (κ2) is 48.2. The van der Waals surface area contributed by atoms with Crippen LogP contribution in [-0.4, -0.2) is 64.6 Å². The predicted octanol–water partition coefficient (Wildman–Crippen LogP) is 15.5. The Balaban J connectivity index is 4.59. The molecule has 0 aromatic rings. The molecule has 0 aliphatic heterocycles. The first-order valence-electron chi connectivity index (χ1n) is 25.2. The quantitative estimate of drug-likeness (QED) is 0.0623. The third kappa shape index (κ3) is 43.2. The summed E-state index contributed by atoms with van der Waals surface area (Å²) in [4.78, 5) is 0. The summed E-state index contributed by atoms with van der Waals surface area (Å²) in [5.74, 6) is 0. The molecule has 0 aromatic heterocycles. The van der Waals surface area contributed by atoms with Crippen molar-refractivity contribution in [1.82, 2.24) is 0 Å². The molecule has 0 aliphatic rings. The number of hydrogen-bond acceptors (Lipinski definition) is 5. The highest BCUT2D eigenvalue weighted by Crippen LogP contribution is 2.23. The molecule has 5 nitrogen and oxygen atoms in total. The molecule has 0 fully saturated rings. The lowest BCUT2D eigenvalue weighted by Crippen LogP contribution is -2.42. The van der Waals surface area contributed by atoms with E-state index in [0.29, 0.717) is 39.5 Å². The van der Waals surface area contributed by atoms with Crippen LogP contribution in [0.25, 0.3) is 0 Å². The first kappa shape index (κ1) is 54.8. The lowest BCUT2D eigenvalue weighted by atomic mass is 9.92. The molecule has 0 radical (unpaired) electrons. The van der Waals surface area contributed by atoms with Crippen LogP contribution in [0.4, 0.5) is 0 Å². The van der Waals surface area contributed by atoms with E-state index in [1.54, 1.807) is 0 Å². The van der Waals surface area contributed by atoms with E-state index in [0.717, 1.165) is 39.1 Å². The number of aliphatic hydroxyl groups excluding tert-OH is 1. The molecule has 0 atom stereocenters. The fourth-order valence-electron chi connectivity index (χ4n) is 7.71. The zero-order valence-corrected chi connectivity index (χ0v) is 38.1. The molecule has 0 aromatic carbocycles. The fraction of sp³-hybridized carbons (Fsp3) is 1.00. The van der Waals surface area contributed by atoms with E-state index in [9.17, 15) is 5.11 Å². The van der Waals surface area contributed by atoms with E-state index in [4.69, 9.17) is 18.9 Å². The third-order valence-corrected chi connectivity index (χ3v) is 11.5. The van der Waals surface area contributed by atoms with Crippen LogP contribution in [0.3, 0.4) is 0 Å². The molecular formula is C50H102O5. The van der Waals surface area contributed by atoms with Gasteiger partial charge in [0, 0.05) is 33.0 Å². The van der Waals surface area contributed by atoms with Crippen LogP contribution < -0.4 is 0 Å². The summed E-state index contributed by atoms with van der Waals surface area (Å²) in [5, 5.41) is 9.37. The summed E-state index contributed by atoms with van der Waals surface area (Å²) >= 11 is 0. The maximum atomic E-state index is 9.37. The van der Waals surface area contributed by atoms with Gasteiger partial charge in [-0.25, -0.2) is 0 Å². The third-order valence-electron chi connectivity index (χ3n) is 11.5. The summed E-state index contributed by atoms with van der Waals surface area (Å²) in [6, 6.07) is 0.